The van der Waals surface area contributed by atoms with Gasteiger partial charge in [0.15, 0.2) is 0 Å². The number of nitrogens with two attached hydrogens (primary N) is 1. The van der Waals surface area contributed by atoms with E-state index in [-0.39, 0.29) is 0 Å². The molecule has 1 aromatic carbocycles. The molecule has 0 aliphatic carbocycles. The van der Waals surface area contributed by atoms with Crippen LogP contribution < -0.4 is 5.73 Å². The van der Waals surface area contributed by atoms with Crippen molar-refractivity contribution in [3.63, 3.8) is 0 Å². The predicted molar refractivity (Wildman–Crippen MR) is 77.4 cm³/mol. The molecular weight excluding hydrogens is 238 g/mol. The molecule has 3 N–H and O–H groups in total. The largest absolute Gasteiger partial charge is 0.368 e. The Balaban J connectivity index is 2.03. The molecule has 19 heavy (non-hydrogen) atoms. The number of H-pyrrole nitrogens is 1. The minimum atomic E-state index is 0.395. The van der Waals surface area contributed by atoms with E-state index in [1.807, 2.05) is 26.0 Å². The molecule has 3 rings (SSSR count). The van der Waals surface area contributed by atoms with Gasteiger partial charge in [-0.05, 0) is 26.0 Å². The highest BCUT2D eigenvalue weighted by Gasteiger charge is 2.02. The van der Waals surface area contributed by atoms with E-state index in [4.69, 9.17) is 5.73 Å². The molecule has 0 saturated carbocycles. The van der Waals surface area contributed by atoms with Gasteiger partial charge in [-0.3, -0.25) is 0 Å². The number of aromatic nitrogens is 3. The number of hydrogen-bond donors (Lipinski definition) is 2. The number of imidazole rings is 1. The molecule has 0 amide bonds. The second-order valence-corrected chi connectivity index (χ2v) is 4.59. The minimum Gasteiger partial charge on any atom is -0.368 e. The highest BCUT2D eigenvalue weighted by molar-refractivity contribution is 5.99. The fourth-order valence-electron chi connectivity index (χ4n) is 2.15. The SMILES string of the molecule is Cc1cn(N=Cc2cccc3[nH]c(C)cc23)c(N)n1. The quantitative estimate of drug-likeness (QED) is 0.688. The molecule has 0 unspecified atom stereocenters. The van der Waals surface area contributed by atoms with Gasteiger partial charge < -0.3 is 10.7 Å². The van der Waals surface area contributed by atoms with Crippen molar-refractivity contribution in [1.82, 2.24) is 14.6 Å². The Morgan fingerprint density at radius 3 is 2.95 bits per heavy atom. The van der Waals surface area contributed by atoms with Gasteiger partial charge in [0.25, 0.3) is 0 Å². The molecule has 0 radical (unpaired) electrons. The monoisotopic (exact) mass is 253 g/mol. The summed E-state index contributed by atoms with van der Waals surface area (Å²) >= 11 is 0. The van der Waals surface area contributed by atoms with Crippen LogP contribution >= 0.6 is 0 Å². The molecule has 5 nitrogen and oxygen atoms in total. The third-order valence-electron chi connectivity index (χ3n) is 2.99. The number of anilines is 1. The normalized spacial score (nSPS) is 11.7. The zero-order valence-corrected chi connectivity index (χ0v) is 10.9. The summed E-state index contributed by atoms with van der Waals surface area (Å²) in [5.74, 6) is 0.395. The smallest absolute Gasteiger partial charge is 0.221 e. The van der Waals surface area contributed by atoms with Gasteiger partial charge in [0.05, 0.1) is 18.1 Å². The zero-order valence-electron chi connectivity index (χ0n) is 10.9. The first-order valence-electron chi connectivity index (χ1n) is 6.07. The Morgan fingerprint density at radius 1 is 1.37 bits per heavy atom. The molecule has 0 aliphatic rings. The average Bonchev–Trinajstić information content (AvgIpc) is 2.88. The lowest BCUT2D eigenvalue weighted by Gasteiger charge is -1.97. The molecule has 0 bridgehead atoms. The maximum absolute atomic E-state index is 5.75. The van der Waals surface area contributed by atoms with Crippen LogP contribution in [0.3, 0.4) is 0 Å². The van der Waals surface area contributed by atoms with Crippen molar-refractivity contribution in [2.75, 3.05) is 5.73 Å². The predicted octanol–water partition coefficient (Wildman–Crippen LogP) is 2.45. The number of hydrogen-bond acceptors (Lipinski definition) is 3. The number of nitrogens with one attached hydrogen (secondary N) is 1. The lowest BCUT2D eigenvalue weighted by Crippen LogP contribution is -1.97. The van der Waals surface area contributed by atoms with Gasteiger partial charge in [-0.15, -0.1) is 0 Å². The van der Waals surface area contributed by atoms with Crippen LogP contribution in [0, 0.1) is 13.8 Å². The van der Waals surface area contributed by atoms with E-state index in [1.54, 1.807) is 17.1 Å². The molecule has 2 aromatic heterocycles. The van der Waals surface area contributed by atoms with Gasteiger partial charge in [0.1, 0.15) is 0 Å². The Kier molecular flexibility index (Phi) is 2.59. The molecule has 0 fully saturated rings. The van der Waals surface area contributed by atoms with Crippen molar-refractivity contribution in [2.24, 2.45) is 5.10 Å². The van der Waals surface area contributed by atoms with E-state index in [9.17, 15) is 0 Å². The lowest BCUT2D eigenvalue weighted by atomic mass is 10.1. The van der Waals surface area contributed by atoms with Gasteiger partial charge in [-0.1, -0.05) is 12.1 Å². The van der Waals surface area contributed by atoms with E-state index >= 15 is 0 Å². The standard InChI is InChI=1S/C14H15N5/c1-9-6-12-11(4-3-5-13(12)17-9)7-16-19-8-10(2)18-14(19)15/h3-8,17H,1-2H3,(H2,15,18). The van der Waals surface area contributed by atoms with Crippen LogP contribution in [-0.2, 0) is 0 Å². The third kappa shape index (κ3) is 2.10. The number of aromatic amines is 1. The van der Waals surface area contributed by atoms with E-state index in [0.29, 0.717) is 5.95 Å². The summed E-state index contributed by atoms with van der Waals surface area (Å²) in [6, 6.07) is 8.19. The van der Waals surface area contributed by atoms with Crippen LogP contribution in [0.1, 0.15) is 17.0 Å². The summed E-state index contributed by atoms with van der Waals surface area (Å²) < 4.78 is 1.58. The maximum Gasteiger partial charge on any atom is 0.221 e. The molecule has 3 aromatic rings. The summed E-state index contributed by atoms with van der Waals surface area (Å²) in [4.78, 5) is 7.42. The fourth-order valence-corrected chi connectivity index (χ4v) is 2.15. The Labute approximate surface area is 110 Å². The summed E-state index contributed by atoms with van der Waals surface area (Å²) in [6.07, 6.45) is 3.60. The van der Waals surface area contributed by atoms with E-state index in [2.05, 4.69) is 27.2 Å². The Hall–Kier alpha value is -2.56. The van der Waals surface area contributed by atoms with Gasteiger partial charge in [-0.2, -0.15) is 5.10 Å². The summed E-state index contributed by atoms with van der Waals surface area (Å²) in [5, 5.41) is 5.50. The summed E-state index contributed by atoms with van der Waals surface area (Å²) in [7, 11) is 0. The van der Waals surface area contributed by atoms with E-state index in [0.717, 1.165) is 27.9 Å². The zero-order chi connectivity index (χ0) is 13.4. The molecule has 0 saturated heterocycles. The molecule has 0 spiro atoms. The van der Waals surface area contributed by atoms with Gasteiger partial charge in [0.2, 0.25) is 5.95 Å². The van der Waals surface area contributed by atoms with Gasteiger partial charge >= 0.3 is 0 Å². The Bertz CT molecular complexity index is 763. The van der Waals surface area contributed by atoms with Gasteiger partial charge in [0, 0.05) is 22.2 Å². The van der Waals surface area contributed by atoms with Crippen LogP contribution in [0.4, 0.5) is 5.95 Å². The third-order valence-corrected chi connectivity index (χ3v) is 2.99. The average molecular weight is 253 g/mol. The molecule has 5 heteroatoms. The maximum atomic E-state index is 5.75. The minimum absolute atomic E-state index is 0.395. The second kappa shape index (κ2) is 4.28. The van der Waals surface area contributed by atoms with Crippen molar-refractivity contribution >= 4 is 23.1 Å². The van der Waals surface area contributed by atoms with Crippen molar-refractivity contribution in [1.29, 1.82) is 0 Å². The molecule has 2 heterocycles. The number of nitrogen functional groups attached to an aromatic ring is 1. The number of rotatable bonds is 2. The molecular formula is C14H15N5. The van der Waals surface area contributed by atoms with Crippen molar-refractivity contribution < 1.29 is 0 Å². The van der Waals surface area contributed by atoms with Crippen LogP contribution in [0.25, 0.3) is 10.9 Å². The molecule has 96 valence electrons. The van der Waals surface area contributed by atoms with E-state index < -0.39 is 0 Å². The topological polar surface area (TPSA) is 72.0 Å². The number of fused-ring (bicyclic) bond motifs is 1. The van der Waals surface area contributed by atoms with Crippen molar-refractivity contribution in [2.45, 2.75) is 13.8 Å². The van der Waals surface area contributed by atoms with Crippen LogP contribution in [0.5, 0.6) is 0 Å². The number of aryl methyl sites for hydroxylation is 2. The van der Waals surface area contributed by atoms with E-state index in [1.165, 1.54) is 0 Å². The highest BCUT2D eigenvalue weighted by atomic mass is 15.4. The first-order chi connectivity index (χ1) is 9.13. The summed E-state index contributed by atoms with van der Waals surface area (Å²) in [6.45, 7) is 3.93. The first kappa shape index (κ1) is 11.5. The van der Waals surface area contributed by atoms with Crippen LogP contribution in [-0.4, -0.2) is 20.9 Å². The van der Waals surface area contributed by atoms with Crippen LogP contribution in [0.2, 0.25) is 0 Å². The summed E-state index contributed by atoms with van der Waals surface area (Å²) in [5.41, 5.74) is 9.90. The van der Waals surface area contributed by atoms with Crippen LogP contribution in [0.15, 0.2) is 35.6 Å². The van der Waals surface area contributed by atoms with Crippen molar-refractivity contribution in [3.8, 4) is 0 Å². The molecule has 0 atom stereocenters. The molecule has 0 aliphatic heterocycles. The highest BCUT2D eigenvalue weighted by Crippen LogP contribution is 2.18. The van der Waals surface area contributed by atoms with Crippen molar-refractivity contribution in [3.05, 3.63) is 47.4 Å². The van der Waals surface area contributed by atoms with Gasteiger partial charge in [-0.25, -0.2) is 9.66 Å². The number of nitrogens with zero attached hydrogens (tertiary/aromatic N) is 3. The Morgan fingerprint density at radius 2 is 2.21 bits per heavy atom. The fraction of sp³-hybridized carbons (Fsp3) is 0.143. The number of benzene rings is 1. The first-order valence-corrected chi connectivity index (χ1v) is 6.07. The second-order valence-electron chi connectivity index (χ2n) is 4.59. The lowest BCUT2D eigenvalue weighted by molar-refractivity contribution is 0.897.